The molecule has 1 aromatic carbocycles. The van der Waals surface area contributed by atoms with Gasteiger partial charge in [0.05, 0.1) is 0 Å². The maximum absolute atomic E-state index is 11.0. The van der Waals surface area contributed by atoms with Gasteiger partial charge in [-0.25, -0.2) is 0 Å². The first-order chi connectivity index (χ1) is 9.16. The third kappa shape index (κ3) is 3.94. The number of aliphatic hydroxyl groups excluding tert-OH is 1. The number of carboxylic acids is 1. The van der Waals surface area contributed by atoms with E-state index in [9.17, 15) is 9.90 Å². The van der Waals surface area contributed by atoms with E-state index in [-0.39, 0.29) is 6.61 Å². The number of benzene rings is 1. The molecule has 0 amide bonds. The number of hydrogen-bond acceptors (Lipinski definition) is 4. The van der Waals surface area contributed by atoms with Crippen LogP contribution in [-0.2, 0) is 4.79 Å². The summed E-state index contributed by atoms with van der Waals surface area (Å²) < 4.78 is 5.45. The van der Waals surface area contributed by atoms with Crippen molar-refractivity contribution in [1.82, 2.24) is 4.90 Å². The molecule has 0 unspecified atom stereocenters. The van der Waals surface area contributed by atoms with Gasteiger partial charge in [-0.3, -0.25) is 9.69 Å². The predicted molar refractivity (Wildman–Crippen MR) is 70.2 cm³/mol. The summed E-state index contributed by atoms with van der Waals surface area (Å²) in [7, 11) is 0. The maximum atomic E-state index is 11.0. The van der Waals surface area contributed by atoms with Crippen molar-refractivity contribution < 1.29 is 19.7 Å². The fraction of sp³-hybridized carbons (Fsp3) is 0.500. The van der Waals surface area contributed by atoms with E-state index in [1.54, 1.807) is 4.90 Å². The van der Waals surface area contributed by atoms with Crippen LogP contribution in [0.4, 0.5) is 0 Å². The lowest BCUT2D eigenvalue weighted by Crippen LogP contribution is -2.42. The first-order valence-corrected chi connectivity index (χ1v) is 6.49. The molecule has 1 aromatic rings. The Morgan fingerprint density at radius 1 is 1.42 bits per heavy atom. The normalized spacial score (nSPS) is 21.2. The van der Waals surface area contributed by atoms with E-state index in [0.717, 1.165) is 13.0 Å². The van der Waals surface area contributed by atoms with Gasteiger partial charge in [0.15, 0.2) is 0 Å². The van der Waals surface area contributed by atoms with Crippen molar-refractivity contribution in [3.8, 4) is 5.75 Å². The molecular formula is C14H19NO4. The van der Waals surface area contributed by atoms with Crippen molar-refractivity contribution >= 4 is 5.97 Å². The third-order valence-corrected chi connectivity index (χ3v) is 3.28. The number of nitrogens with zero attached hydrogens (tertiary/aromatic N) is 1. The molecule has 5 heteroatoms. The van der Waals surface area contributed by atoms with Crippen molar-refractivity contribution in [3.05, 3.63) is 30.3 Å². The number of β-amino-alcohol motifs (C(OH)–C–C–N with tert-alkyl or cyclic N) is 1. The lowest BCUT2D eigenvalue weighted by atomic mass is 10.2. The van der Waals surface area contributed by atoms with E-state index >= 15 is 0 Å². The summed E-state index contributed by atoms with van der Waals surface area (Å²) in [5.74, 6) is -0.105. The van der Waals surface area contributed by atoms with Gasteiger partial charge in [0, 0.05) is 6.54 Å². The number of carbonyl (C=O) groups is 1. The Kier molecular flexibility index (Phi) is 4.76. The number of likely N-dealkylation sites (tertiary alicyclic amines) is 1. The first-order valence-electron chi connectivity index (χ1n) is 6.49. The zero-order valence-corrected chi connectivity index (χ0v) is 10.7. The number of rotatable bonds is 6. The van der Waals surface area contributed by atoms with Crippen LogP contribution in [0.5, 0.6) is 5.75 Å². The average molecular weight is 265 g/mol. The van der Waals surface area contributed by atoms with Gasteiger partial charge in [0.2, 0.25) is 0 Å². The smallest absolute Gasteiger partial charge is 0.320 e. The summed E-state index contributed by atoms with van der Waals surface area (Å²) in [4.78, 5) is 12.8. The second-order valence-corrected chi connectivity index (χ2v) is 4.77. The third-order valence-electron chi connectivity index (χ3n) is 3.28. The molecule has 0 saturated carbocycles. The van der Waals surface area contributed by atoms with E-state index in [2.05, 4.69) is 0 Å². The summed E-state index contributed by atoms with van der Waals surface area (Å²) in [5, 5.41) is 19.0. The summed E-state index contributed by atoms with van der Waals surface area (Å²) in [5.41, 5.74) is 0. The van der Waals surface area contributed by atoms with E-state index in [4.69, 9.17) is 9.84 Å². The van der Waals surface area contributed by atoms with Crippen LogP contribution in [0.25, 0.3) is 0 Å². The SMILES string of the molecule is O=C(O)[C@H]1CCCN1C[C@H](O)COc1ccccc1. The van der Waals surface area contributed by atoms with Crippen molar-refractivity contribution in [2.24, 2.45) is 0 Å². The Labute approximate surface area is 112 Å². The molecule has 0 bridgehead atoms. The average Bonchev–Trinajstić information content (AvgIpc) is 2.86. The van der Waals surface area contributed by atoms with Gasteiger partial charge in [-0.1, -0.05) is 18.2 Å². The van der Waals surface area contributed by atoms with E-state index in [1.807, 2.05) is 30.3 Å². The molecule has 2 N–H and O–H groups in total. The molecule has 0 aliphatic carbocycles. The van der Waals surface area contributed by atoms with Gasteiger partial charge in [0.1, 0.15) is 24.5 Å². The topological polar surface area (TPSA) is 70.0 Å². The fourth-order valence-electron chi connectivity index (χ4n) is 2.36. The number of carboxylic acid groups (broad SMARTS) is 1. The number of hydrogen-bond donors (Lipinski definition) is 2. The molecule has 0 aromatic heterocycles. The molecule has 0 spiro atoms. The minimum atomic E-state index is -0.811. The monoisotopic (exact) mass is 265 g/mol. The second kappa shape index (κ2) is 6.54. The highest BCUT2D eigenvalue weighted by Crippen LogP contribution is 2.17. The number of aliphatic hydroxyl groups is 1. The lowest BCUT2D eigenvalue weighted by molar-refractivity contribution is -0.142. The molecule has 1 aliphatic rings. The quantitative estimate of drug-likeness (QED) is 0.802. The van der Waals surface area contributed by atoms with Crippen LogP contribution in [0.15, 0.2) is 30.3 Å². The highest BCUT2D eigenvalue weighted by molar-refractivity contribution is 5.73. The molecule has 104 valence electrons. The Morgan fingerprint density at radius 3 is 2.84 bits per heavy atom. The molecule has 2 atom stereocenters. The van der Waals surface area contributed by atoms with Crippen molar-refractivity contribution in [2.45, 2.75) is 25.0 Å². The van der Waals surface area contributed by atoms with Crippen LogP contribution in [0, 0.1) is 0 Å². The van der Waals surface area contributed by atoms with E-state index in [1.165, 1.54) is 0 Å². The van der Waals surface area contributed by atoms with Gasteiger partial charge in [0.25, 0.3) is 0 Å². The molecule has 1 heterocycles. The van der Waals surface area contributed by atoms with Gasteiger partial charge in [-0.05, 0) is 31.5 Å². The van der Waals surface area contributed by atoms with Crippen LogP contribution in [-0.4, -0.2) is 52.9 Å². The van der Waals surface area contributed by atoms with Crippen molar-refractivity contribution in [1.29, 1.82) is 0 Å². The zero-order chi connectivity index (χ0) is 13.7. The van der Waals surface area contributed by atoms with Crippen molar-refractivity contribution in [2.75, 3.05) is 19.7 Å². The van der Waals surface area contributed by atoms with Gasteiger partial charge in [-0.2, -0.15) is 0 Å². The summed E-state index contributed by atoms with van der Waals surface area (Å²) in [6.07, 6.45) is 0.838. The van der Waals surface area contributed by atoms with Crippen LogP contribution in [0.3, 0.4) is 0 Å². The Hall–Kier alpha value is -1.59. The molecule has 19 heavy (non-hydrogen) atoms. The predicted octanol–water partition coefficient (Wildman–Crippen LogP) is 0.975. The largest absolute Gasteiger partial charge is 0.491 e. The standard InChI is InChI=1S/C14H19NO4/c16-11(10-19-12-5-2-1-3-6-12)9-15-8-4-7-13(15)14(17)18/h1-3,5-6,11,13,16H,4,7-10H2,(H,17,18)/t11-,13+/m0/s1. The number of para-hydroxylation sites is 1. The van der Waals surface area contributed by atoms with E-state index < -0.39 is 18.1 Å². The Bertz CT molecular complexity index is 409. The molecule has 0 radical (unpaired) electrons. The van der Waals surface area contributed by atoms with Gasteiger partial charge >= 0.3 is 5.97 Å². The van der Waals surface area contributed by atoms with E-state index in [0.29, 0.717) is 18.7 Å². The Balaban J connectivity index is 1.78. The maximum Gasteiger partial charge on any atom is 0.320 e. The molecule has 1 aliphatic heterocycles. The van der Waals surface area contributed by atoms with Crippen molar-refractivity contribution in [3.63, 3.8) is 0 Å². The number of ether oxygens (including phenoxy) is 1. The van der Waals surface area contributed by atoms with Crippen LogP contribution >= 0.6 is 0 Å². The zero-order valence-electron chi connectivity index (χ0n) is 10.7. The lowest BCUT2D eigenvalue weighted by Gasteiger charge is -2.24. The summed E-state index contributed by atoms with van der Waals surface area (Å²) in [6.45, 7) is 1.23. The van der Waals surface area contributed by atoms with Gasteiger partial charge in [-0.15, -0.1) is 0 Å². The first kappa shape index (κ1) is 13.8. The van der Waals surface area contributed by atoms with Crippen LogP contribution in [0.2, 0.25) is 0 Å². The fourth-order valence-corrected chi connectivity index (χ4v) is 2.36. The van der Waals surface area contributed by atoms with Gasteiger partial charge < -0.3 is 14.9 Å². The van der Waals surface area contributed by atoms with Crippen LogP contribution < -0.4 is 4.74 Å². The molecule has 1 fully saturated rings. The highest BCUT2D eigenvalue weighted by Gasteiger charge is 2.31. The van der Waals surface area contributed by atoms with Crippen LogP contribution in [0.1, 0.15) is 12.8 Å². The molecular weight excluding hydrogens is 246 g/mol. The highest BCUT2D eigenvalue weighted by atomic mass is 16.5. The molecule has 2 rings (SSSR count). The minimum absolute atomic E-state index is 0.173. The Morgan fingerprint density at radius 2 is 2.16 bits per heavy atom. The second-order valence-electron chi connectivity index (χ2n) is 4.77. The number of aliphatic carboxylic acids is 1. The summed E-state index contributed by atoms with van der Waals surface area (Å²) >= 11 is 0. The molecule has 1 saturated heterocycles. The summed E-state index contributed by atoms with van der Waals surface area (Å²) in [6, 6.07) is 8.80. The molecule has 5 nitrogen and oxygen atoms in total. The minimum Gasteiger partial charge on any atom is -0.491 e.